The topological polar surface area (TPSA) is 42.1 Å². The maximum Gasteiger partial charge on any atom is 0.390 e. The molecule has 1 rings (SSSR count). The Hall–Kier alpha value is -1.17. The summed E-state index contributed by atoms with van der Waals surface area (Å²) < 4.78 is 36.0. The van der Waals surface area contributed by atoms with Crippen molar-refractivity contribution in [3.8, 4) is 0 Å². The van der Waals surface area contributed by atoms with Gasteiger partial charge in [-0.3, -0.25) is 0 Å². The molecule has 3 nitrogen and oxygen atoms in total. The Morgan fingerprint density at radius 3 is 2.56 bits per heavy atom. The summed E-state index contributed by atoms with van der Waals surface area (Å²) in [5, 5.41) is 0.161. The van der Waals surface area contributed by atoms with Crippen molar-refractivity contribution < 1.29 is 13.2 Å². The van der Waals surface area contributed by atoms with Crippen LogP contribution in [0.25, 0.3) is 0 Å². The highest BCUT2D eigenvalue weighted by Gasteiger charge is 2.27. The maximum atomic E-state index is 12.0. The highest BCUT2D eigenvalue weighted by atomic mass is 35.5. The standard InChI is InChI=1S/C9H11ClF3N3/c1-16(3-2-9(11,12)13)8-5-6(14)4-7(10)15-8/h4-5H,2-3H2,1H3,(H2,14,15). The molecule has 0 saturated carbocycles. The summed E-state index contributed by atoms with van der Waals surface area (Å²) in [6.45, 7) is -0.184. The number of rotatable bonds is 3. The molecule has 0 fully saturated rings. The Labute approximate surface area is 96.0 Å². The van der Waals surface area contributed by atoms with Crippen molar-refractivity contribution in [1.29, 1.82) is 0 Å². The number of anilines is 2. The van der Waals surface area contributed by atoms with E-state index in [1.807, 2.05) is 0 Å². The fourth-order valence-corrected chi connectivity index (χ4v) is 1.32. The molecule has 0 unspecified atom stereocenters. The van der Waals surface area contributed by atoms with Crippen molar-refractivity contribution in [2.75, 3.05) is 24.2 Å². The van der Waals surface area contributed by atoms with Gasteiger partial charge in [0.15, 0.2) is 0 Å². The van der Waals surface area contributed by atoms with Gasteiger partial charge in [0, 0.05) is 25.3 Å². The zero-order valence-corrected chi connectivity index (χ0v) is 9.31. The second kappa shape index (κ2) is 4.78. The smallest absolute Gasteiger partial charge is 0.390 e. The first-order chi connectivity index (χ1) is 7.28. The van der Waals surface area contributed by atoms with E-state index in [2.05, 4.69) is 4.98 Å². The van der Waals surface area contributed by atoms with E-state index in [1.54, 1.807) is 0 Å². The van der Waals surface area contributed by atoms with Crippen LogP contribution in [0.15, 0.2) is 12.1 Å². The Morgan fingerprint density at radius 2 is 2.06 bits per heavy atom. The molecule has 0 aliphatic rings. The summed E-state index contributed by atoms with van der Waals surface area (Å²) in [6.07, 6.45) is -5.09. The molecular weight excluding hydrogens is 243 g/mol. The predicted molar refractivity (Wildman–Crippen MR) is 57.6 cm³/mol. The monoisotopic (exact) mass is 253 g/mol. The number of alkyl halides is 3. The Bertz CT molecular complexity index is 347. The van der Waals surface area contributed by atoms with Crippen LogP contribution >= 0.6 is 11.6 Å². The molecule has 1 heterocycles. The Balaban J connectivity index is 2.69. The van der Waals surface area contributed by atoms with Crippen molar-refractivity contribution in [3.05, 3.63) is 17.3 Å². The molecule has 1 aromatic rings. The molecule has 2 N–H and O–H groups in total. The highest BCUT2D eigenvalue weighted by molar-refractivity contribution is 6.29. The van der Waals surface area contributed by atoms with Gasteiger partial charge in [0.05, 0.1) is 6.42 Å². The number of halogens is 4. The number of nitrogens with zero attached hydrogens (tertiary/aromatic N) is 2. The largest absolute Gasteiger partial charge is 0.399 e. The van der Waals surface area contributed by atoms with Gasteiger partial charge in [-0.15, -0.1) is 0 Å². The summed E-state index contributed by atoms with van der Waals surface area (Å²) in [6, 6.07) is 2.91. The van der Waals surface area contributed by atoms with E-state index >= 15 is 0 Å². The molecule has 0 spiro atoms. The zero-order valence-electron chi connectivity index (χ0n) is 8.55. The molecule has 0 saturated heterocycles. The molecule has 0 amide bonds. The minimum atomic E-state index is -4.18. The Morgan fingerprint density at radius 1 is 1.44 bits per heavy atom. The van der Waals surface area contributed by atoms with Crippen molar-refractivity contribution in [3.63, 3.8) is 0 Å². The van der Waals surface area contributed by atoms with Gasteiger partial charge >= 0.3 is 6.18 Å². The van der Waals surface area contributed by atoms with E-state index in [4.69, 9.17) is 17.3 Å². The van der Waals surface area contributed by atoms with Gasteiger partial charge in [-0.05, 0) is 6.07 Å². The number of hydrogen-bond donors (Lipinski definition) is 1. The van der Waals surface area contributed by atoms with E-state index in [0.717, 1.165) is 0 Å². The second-order valence-corrected chi connectivity index (χ2v) is 3.76. The minimum Gasteiger partial charge on any atom is -0.399 e. The Kier molecular flexibility index (Phi) is 3.85. The molecule has 7 heteroatoms. The summed E-state index contributed by atoms with van der Waals surface area (Å²) in [5.74, 6) is 0.328. The fourth-order valence-electron chi connectivity index (χ4n) is 1.11. The maximum absolute atomic E-state index is 12.0. The van der Waals surface area contributed by atoms with E-state index in [0.29, 0.717) is 11.5 Å². The summed E-state index contributed by atoms with van der Waals surface area (Å²) in [5.41, 5.74) is 5.88. The van der Waals surface area contributed by atoms with Gasteiger partial charge in [0.1, 0.15) is 11.0 Å². The molecule has 1 aromatic heterocycles. The van der Waals surface area contributed by atoms with Gasteiger partial charge in [-0.2, -0.15) is 13.2 Å². The quantitative estimate of drug-likeness (QED) is 0.842. The third kappa shape index (κ3) is 4.14. The SMILES string of the molecule is CN(CCC(F)(F)F)c1cc(N)cc(Cl)n1. The number of hydrogen-bond acceptors (Lipinski definition) is 3. The lowest BCUT2D eigenvalue weighted by atomic mass is 10.3. The fraction of sp³-hybridized carbons (Fsp3) is 0.444. The number of pyridine rings is 1. The average molecular weight is 254 g/mol. The van der Waals surface area contributed by atoms with Crippen LogP contribution < -0.4 is 10.6 Å². The predicted octanol–water partition coefficient (Wildman–Crippen LogP) is 2.71. The van der Waals surface area contributed by atoms with Crippen LogP contribution in [0.1, 0.15) is 6.42 Å². The third-order valence-electron chi connectivity index (χ3n) is 1.92. The average Bonchev–Trinajstić information content (AvgIpc) is 2.11. The van der Waals surface area contributed by atoms with Crippen LogP contribution in [0.2, 0.25) is 5.15 Å². The first-order valence-corrected chi connectivity index (χ1v) is 4.87. The first kappa shape index (κ1) is 12.9. The van der Waals surface area contributed by atoms with Gasteiger partial charge in [-0.25, -0.2) is 4.98 Å². The molecule has 0 aliphatic heterocycles. The van der Waals surface area contributed by atoms with Gasteiger partial charge < -0.3 is 10.6 Å². The zero-order chi connectivity index (χ0) is 12.3. The molecule has 0 atom stereocenters. The summed E-state index contributed by atoms with van der Waals surface area (Å²) in [4.78, 5) is 5.24. The second-order valence-electron chi connectivity index (χ2n) is 3.37. The van der Waals surface area contributed by atoms with Gasteiger partial charge in [0.2, 0.25) is 0 Å². The molecule has 0 aromatic carbocycles. The molecule has 0 radical (unpaired) electrons. The molecule has 16 heavy (non-hydrogen) atoms. The highest BCUT2D eigenvalue weighted by Crippen LogP contribution is 2.23. The van der Waals surface area contributed by atoms with Crippen molar-refractivity contribution in [1.82, 2.24) is 4.98 Å². The van der Waals surface area contributed by atoms with Crippen LogP contribution in [-0.4, -0.2) is 24.8 Å². The van der Waals surface area contributed by atoms with Crippen molar-refractivity contribution in [2.45, 2.75) is 12.6 Å². The van der Waals surface area contributed by atoms with E-state index in [1.165, 1.54) is 24.1 Å². The van der Waals surface area contributed by atoms with Crippen molar-refractivity contribution in [2.24, 2.45) is 0 Å². The van der Waals surface area contributed by atoms with E-state index in [-0.39, 0.29) is 11.7 Å². The lowest BCUT2D eigenvalue weighted by Gasteiger charge is -2.19. The van der Waals surface area contributed by atoms with E-state index < -0.39 is 12.6 Å². The lowest BCUT2D eigenvalue weighted by molar-refractivity contribution is -0.132. The molecule has 90 valence electrons. The normalized spacial score (nSPS) is 11.6. The molecule has 0 aliphatic carbocycles. The number of nitrogen functional groups attached to an aromatic ring is 1. The third-order valence-corrected chi connectivity index (χ3v) is 2.12. The number of nitrogens with two attached hydrogens (primary N) is 1. The van der Waals surface area contributed by atoms with Crippen LogP contribution in [0.5, 0.6) is 0 Å². The first-order valence-electron chi connectivity index (χ1n) is 4.49. The summed E-state index contributed by atoms with van der Waals surface area (Å²) in [7, 11) is 1.50. The van der Waals surface area contributed by atoms with E-state index in [9.17, 15) is 13.2 Å². The van der Waals surface area contributed by atoms with Crippen molar-refractivity contribution >= 4 is 23.1 Å². The molecule has 0 bridgehead atoms. The van der Waals surface area contributed by atoms with Crippen LogP contribution in [0, 0.1) is 0 Å². The lowest BCUT2D eigenvalue weighted by Crippen LogP contribution is -2.24. The molecular formula is C9H11ClF3N3. The van der Waals surface area contributed by atoms with Gasteiger partial charge in [-0.1, -0.05) is 11.6 Å². The van der Waals surface area contributed by atoms with Crippen LogP contribution in [0.3, 0.4) is 0 Å². The number of aromatic nitrogens is 1. The summed E-state index contributed by atoms with van der Waals surface area (Å²) >= 11 is 5.64. The van der Waals surface area contributed by atoms with Crippen LogP contribution in [0.4, 0.5) is 24.7 Å². The minimum absolute atomic E-state index is 0.161. The van der Waals surface area contributed by atoms with Gasteiger partial charge in [0.25, 0.3) is 0 Å². The van der Waals surface area contributed by atoms with Crippen LogP contribution in [-0.2, 0) is 0 Å².